The molecule has 2 heterocycles. The fraction of sp³-hybridized carbons (Fsp3) is 0.905. The molecule has 27 heavy (non-hydrogen) atoms. The highest BCUT2D eigenvalue weighted by Gasteiger charge is 2.33. The number of piperidine rings is 2. The summed E-state index contributed by atoms with van der Waals surface area (Å²) in [6.45, 7) is 8.21. The van der Waals surface area contributed by atoms with Gasteiger partial charge in [-0.1, -0.05) is 0 Å². The van der Waals surface area contributed by atoms with Crippen molar-refractivity contribution < 1.29 is 14.3 Å². The summed E-state index contributed by atoms with van der Waals surface area (Å²) in [6, 6.07) is 1.05. The predicted molar refractivity (Wildman–Crippen MR) is 105 cm³/mol. The van der Waals surface area contributed by atoms with Gasteiger partial charge in [0.05, 0.1) is 0 Å². The molecule has 0 bridgehead atoms. The van der Waals surface area contributed by atoms with Crippen LogP contribution in [0.25, 0.3) is 0 Å². The largest absolute Gasteiger partial charge is 0.444 e. The van der Waals surface area contributed by atoms with Crippen LogP contribution in [0.3, 0.4) is 0 Å². The highest BCUT2D eigenvalue weighted by molar-refractivity contribution is 5.76. The van der Waals surface area contributed by atoms with Crippen molar-refractivity contribution in [2.45, 2.75) is 89.8 Å². The Morgan fingerprint density at radius 1 is 1.00 bits per heavy atom. The molecular weight excluding hydrogens is 342 g/mol. The van der Waals surface area contributed by atoms with Crippen molar-refractivity contribution in [3.8, 4) is 0 Å². The standard InChI is InChI=1S/C21H37N3O3/c1-21(2,3)27-20(26)24-12-10-16(11-13-24)15-4-6-17(7-5-15)23-18-8-9-19(25)22-14-18/h15-18,23H,4-14H2,1-3H3,(H,22,25). The SMILES string of the molecule is CC(C)(C)OC(=O)N1CCC(C2CCC(NC3CCC(=O)NC3)CC2)CC1. The molecule has 1 saturated carbocycles. The van der Waals surface area contributed by atoms with Crippen LogP contribution in [-0.4, -0.2) is 54.2 Å². The van der Waals surface area contributed by atoms with Crippen LogP contribution in [0.5, 0.6) is 0 Å². The van der Waals surface area contributed by atoms with Crippen LogP contribution in [0.2, 0.25) is 0 Å². The van der Waals surface area contributed by atoms with Gasteiger partial charge in [0.1, 0.15) is 5.60 Å². The molecule has 3 aliphatic rings. The van der Waals surface area contributed by atoms with E-state index in [1.54, 1.807) is 0 Å². The number of hydrogen-bond acceptors (Lipinski definition) is 4. The van der Waals surface area contributed by atoms with Gasteiger partial charge in [-0.2, -0.15) is 0 Å². The second-order valence-electron chi connectivity index (χ2n) is 9.62. The fourth-order valence-corrected chi connectivity index (χ4v) is 4.85. The smallest absolute Gasteiger partial charge is 0.410 e. The zero-order valence-corrected chi connectivity index (χ0v) is 17.3. The van der Waals surface area contributed by atoms with Crippen LogP contribution in [0, 0.1) is 11.8 Å². The van der Waals surface area contributed by atoms with Gasteiger partial charge in [0, 0.05) is 38.1 Å². The molecule has 2 N–H and O–H groups in total. The number of amides is 2. The zero-order valence-electron chi connectivity index (χ0n) is 17.3. The highest BCUT2D eigenvalue weighted by atomic mass is 16.6. The molecular formula is C21H37N3O3. The number of nitrogens with zero attached hydrogens (tertiary/aromatic N) is 1. The Morgan fingerprint density at radius 2 is 1.63 bits per heavy atom. The number of carbonyl (C=O) groups is 2. The third-order valence-electron chi connectivity index (χ3n) is 6.37. The van der Waals surface area contributed by atoms with Crippen LogP contribution >= 0.6 is 0 Å². The van der Waals surface area contributed by atoms with Gasteiger partial charge in [-0.05, 0) is 77.6 Å². The van der Waals surface area contributed by atoms with Crippen LogP contribution < -0.4 is 10.6 Å². The Kier molecular flexibility index (Phi) is 6.66. The Hall–Kier alpha value is -1.30. The van der Waals surface area contributed by atoms with Gasteiger partial charge in [0.15, 0.2) is 0 Å². The molecule has 1 aliphatic carbocycles. The molecule has 0 aromatic carbocycles. The Labute approximate surface area is 163 Å². The van der Waals surface area contributed by atoms with E-state index >= 15 is 0 Å². The molecule has 2 aliphatic heterocycles. The van der Waals surface area contributed by atoms with Crippen LogP contribution in [0.15, 0.2) is 0 Å². The molecule has 0 spiro atoms. The van der Waals surface area contributed by atoms with E-state index in [-0.39, 0.29) is 12.0 Å². The lowest BCUT2D eigenvalue weighted by molar-refractivity contribution is -0.122. The summed E-state index contributed by atoms with van der Waals surface area (Å²) in [5.41, 5.74) is -0.416. The zero-order chi connectivity index (χ0) is 19.4. The maximum Gasteiger partial charge on any atom is 0.410 e. The molecule has 0 aromatic heterocycles. The van der Waals surface area contributed by atoms with Crippen molar-refractivity contribution >= 4 is 12.0 Å². The first-order valence-corrected chi connectivity index (χ1v) is 10.8. The molecule has 6 nitrogen and oxygen atoms in total. The fourth-order valence-electron chi connectivity index (χ4n) is 4.85. The maximum atomic E-state index is 12.2. The monoisotopic (exact) mass is 379 g/mol. The van der Waals surface area contributed by atoms with E-state index in [0.717, 1.165) is 50.7 Å². The van der Waals surface area contributed by atoms with Gasteiger partial charge in [-0.15, -0.1) is 0 Å². The molecule has 0 aromatic rings. The summed E-state index contributed by atoms with van der Waals surface area (Å²) < 4.78 is 5.50. The van der Waals surface area contributed by atoms with Gasteiger partial charge in [0.2, 0.25) is 5.91 Å². The second kappa shape index (κ2) is 8.80. The van der Waals surface area contributed by atoms with Gasteiger partial charge >= 0.3 is 6.09 Å². The minimum atomic E-state index is -0.416. The lowest BCUT2D eigenvalue weighted by Gasteiger charge is -2.40. The average Bonchev–Trinajstić information content (AvgIpc) is 2.63. The number of carbonyl (C=O) groups excluding carboxylic acids is 2. The molecule has 3 rings (SSSR count). The van der Waals surface area contributed by atoms with Crippen molar-refractivity contribution in [3.63, 3.8) is 0 Å². The normalized spacial score (nSPS) is 30.7. The van der Waals surface area contributed by atoms with Crippen molar-refractivity contribution in [1.29, 1.82) is 0 Å². The first-order chi connectivity index (χ1) is 12.8. The van der Waals surface area contributed by atoms with E-state index in [4.69, 9.17) is 4.74 Å². The summed E-state index contributed by atoms with van der Waals surface area (Å²) >= 11 is 0. The summed E-state index contributed by atoms with van der Waals surface area (Å²) in [4.78, 5) is 25.4. The topological polar surface area (TPSA) is 70.7 Å². The third kappa shape index (κ3) is 6.09. The Balaban J connectivity index is 1.36. The van der Waals surface area contributed by atoms with Crippen LogP contribution in [0.4, 0.5) is 4.79 Å². The number of likely N-dealkylation sites (tertiary alicyclic amines) is 1. The number of hydrogen-bond donors (Lipinski definition) is 2. The van der Waals surface area contributed by atoms with E-state index < -0.39 is 5.60 Å². The summed E-state index contributed by atoms with van der Waals surface area (Å²) in [6.07, 6.45) is 8.73. The number of ether oxygens (including phenoxy) is 1. The molecule has 3 fully saturated rings. The highest BCUT2D eigenvalue weighted by Crippen LogP contribution is 2.36. The van der Waals surface area contributed by atoms with Crippen molar-refractivity contribution in [1.82, 2.24) is 15.5 Å². The van der Waals surface area contributed by atoms with E-state index in [2.05, 4.69) is 10.6 Å². The summed E-state index contributed by atoms with van der Waals surface area (Å²) in [5.74, 6) is 1.74. The molecule has 154 valence electrons. The molecule has 2 amide bonds. The Morgan fingerprint density at radius 3 is 2.19 bits per heavy atom. The molecule has 1 atom stereocenters. The van der Waals surface area contributed by atoms with Crippen molar-refractivity contribution in [2.75, 3.05) is 19.6 Å². The first kappa shape index (κ1) is 20.4. The van der Waals surface area contributed by atoms with Crippen molar-refractivity contribution in [2.24, 2.45) is 11.8 Å². The lowest BCUT2D eigenvalue weighted by atomic mass is 9.74. The summed E-state index contributed by atoms with van der Waals surface area (Å²) in [7, 11) is 0. The molecule has 0 radical (unpaired) electrons. The van der Waals surface area contributed by atoms with Crippen molar-refractivity contribution in [3.05, 3.63) is 0 Å². The maximum absolute atomic E-state index is 12.2. The third-order valence-corrected chi connectivity index (χ3v) is 6.37. The van der Waals surface area contributed by atoms with Crippen LogP contribution in [0.1, 0.15) is 72.1 Å². The quantitative estimate of drug-likeness (QED) is 0.791. The van der Waals surface area contributed by atoms with E-state index in [0.29, 0.717) is 18.5 Å². The van der Waals surface area contributed by atoms with Gasteiger partial charge < -0.3 is 20.3 Å². The summed E-state index contributed by atoms with van der Waals surface area (Å²) in [5, 5.41) is 6.73. The number of nitrogens with one attached hydrogen (secondary N) is 2. The van der Waals surface area contributed by atoms with Gasteiger partial charge in [-0.25, -0.2) is 4.79 Å². The lowest BCUT2D eigenvalue weighted by Crippen LogP contribution is -2.50. The van der Waals surface area contributed by atoms with Gasteiger partial charge in [0.25, 0.3) is 0 Å². The average molecular weight is 380 g/mol. The molecule has 2 saturated heterocycles. The minimum Gasteiger partial charge on any atom is -0.444 e. The molecule has 6 heteroatoms. The van der Waals surface area contributed by atoms with E-state index in [1.165, 1.54) is 25.7 Å². The minimum absolute atomic E-state index is 0.159. The second-order valence-corrected chi connectivity index (χ2v) is 9.62. The number of rotatable bonds is 3. The van der Waals surface area contributed by atoms with E-state index in [1.807, 2.05) is 25.7 Å². The molecule has 1 unspecified atom stereocenters. The van der Waals surface area contributed by atoms with Gasteiger partial charge in [-0.3, -0.25) is 4.79 Å². The van der Waals surface area contributed by atoms with E-state index in [9.17, 15) is 9.59 Å². The first-order valence-electron chi connectivity index (χ1n) is 10.8. The predicted octanol–water partition coefficient (Wildman–Crippen LogP) is 3.06. The van der Waals surface area contributed by atoms with Crippen LogP contribution in [-0.2, 0) is 9.53 Å². The Bertz CT molecular complexity index is 505.